The van der Waals surface area contributed by atoms with E-state index < -0.39 is 5.82 Å². The number of benzene rings is 1. The Morgan fingerprint density at radius 2 is 1.70 bits per heavy atom. The zero-order valence-corrected chi connectivity index (χ0v) is 20.0. The molecule has 0 spiro atoms. The molecule has 180 valence electrons. The van der Waals surface area contributed by atoms with E-state index in [1.165, 1.54) is 38.9 Å². The number of aromatic nitrogens is 3. The molecule has 0 atom stereocenters. The van der Waals surface area contributed by atoms with E-state index in [9.17, 15) is 4.39 Å². The molecule has 0 amide bonds. The van der Waals surface area contributed by atoms with E-state index >= 15 is 0 Å². The first-order valence-electron chi connectivity index (χ1n) is 12.2. The summed E-state index contributed by atoms with van der Waals surface area (Å²) in [5.41, 5.74) is 0.566. The van der Waals surface area contributed by atoms with Gasteiger partial charge in [0, 0.05) is 43.7 Å². The quantitative estimate of drug-likeness (QED) is 0.551. The third-order valence-corrected chi connectivity index (χ3v) is 6.89. The Balaban J connectivity index is 1.58. The zero-order chi connectivity index (χ0) is 23.2. The highest BCUT2D eigenvalue weighted by molar-refractivity contribution is 5.57. The van der Waals surface area contributed by atoms with Crippen LogP contribution >= 0.6 is 0 Å². The fraction of sp³-hybridized carbons (Fsp3) is 0.625. The molecule has 1 aromatic heterocycles. The number of anilines is 4. The number of hydrogen-bond donors (Lipinski definition) is 3. The van der Waals surface area contributed by atoms with Crippen LogP contribution in [0, 0.1) is 5.82 Å². The van der Waals surface area contributed by atoms with Crippen molar-refractivity contribution < 1.29 is 14.0 Å². The molecule has 3 N–H and O–H groups in total. The summed E-state index contributed by atoms with van der Waals surface area (Å²) < 4.78 is 19.2. The SMILES string of the molecule is COc1ccc(Nc2nc(NC3CCCCCC3)nc(N(C)C3CC[NH+](C)CC3)n2)cc1F. The van der Waals surface area contributed by atoms with Crippen molar-refractivity contribution >= 4 is 23.5 Å². The summed E-state index contributed by atoms with van der Waals surface area (Å²) in [7, 11) is 5.76. The van der Waals surface area contributed by atoms with Gasteiger partial charge in [-0.15, -0.1) is 0 Å². The number of rotatable bonds is 7. The lowest BCUT2D eigenvalue weighted by Gasteiger charge is -2.33. The standard InChI is InChI=1S/C24H36FN7O/c1-31-14-12-19(13-15-31)32(2)24-29-22(26-17-8-6-4-5-7-9-17)28-23(30-24)27-18-10-11-21(33-3)20(25)16-18/h10-11,16-17,19H,4-9,12-15H2,1-3H3,(H2,26,27,28,29,30)/p+1. The Labute approximate surface area is 196 Å². The summed E-state index contributed by atoms with van der Waals surface area (Å²) in [6.07, 6.45) is 9.49. The molecule has 1 aliphatic carbocycles. The van der Waals surface area contributed by atoms with Gasteiger partial charge in [0.2, 0.25) is 17.8 Å². The molecule has 1 aromatic carbocycles. The van der Waals surface area contributed by atoms with Crippen LogP contribution in [0.25, 0.3) is 0 Å². The fourth-order valence-electron chi connectivity index (χ4n) is 4.77. The van der Waals surface area contributed by atoms with E-state index in [1.807, 2.05) is 0 Å². The van der Waals surface area contributed by atoms with Crippen molar-refractivity contribution in [3.05, 3.63) is 24.0 Å². The largest absolute Gasteiger partial charge is 0.494 e. The summed E-state index contributed by atoms with van der Waals surface area (Å²) in [5.74, 6) is 1.40. The highest BCUT2D eigenvalue weighted by Gasteiger charge is 2.26. The van der Waals surface area contributed by atoms with Crippen molar-refractivity contribution in [2.45, 2.75) is 63.5 Å². The average molecular weight is 459 g/mol. The maximum atomic E-state index is 14.2. The zero-order valence-electron chi connectivity index (χ0n) is 20.0. The van der Waals surface area contributed by atoms with Gasteiger partial charge in [0.1, 0.15) is 0 Å². The van der Waals surface area contributed by atoms with Gasteiger partial charge >= 0.3 is 0 Å². The van der Waals surface area contributed by atoms with Gasteiger partial charge in [0.15, 0.2) is 11.6 Å². The van der Waals surface area contributed by atoms with Crippen LogP contribution in [0.5, 0.6) is 5.75 Å². The lowest BCUT2D eigenvalue weighted by Crippen LogP contribution is -3.10. The number of nitrogens with zero attached hydrogens (tertiary/aromatic N) is 4. The second-order valence-corrected chi connectivity index (χ2v) is 9.39. The van der Waals surface area contributed by atoms with Gasteiger partial charge in [-0.25, -0.2) is 4.39 Å². The van der Waals surface area contributed by atoms with Crippen LogP contribution in [0.15, 0.2) is 18.2 Å². The molecule has 2 heterocycles. The van der Waals surface area contributed by atoms with E-state index in [0.29, 0.717) is 35.6 Å². The Kier molecular flexibility index (Phi) is 7.80. The lowest BCUT2D eigenvalue weighted by atomic mass is 10.0. The molecule has 1 aliphatic heterocycles. The molecule has 0 unspecified atom stereocenters. The molecular weight excluding hydrogens is 421 g/mol. The van der Waals surface area contributed by atoms with Crippen molar-refractivity contribution in [2.75, 3.05) is 49.8 Å². The molecule has 2 aromatic rings. The van der Waals surface area contributed by atoms with Crippen LogP contribution in [0.2, 0.25) is 0 Å². The van der Waals surface area contributed by atoms with Crippen molar-refractivity contribution in [3.8, 4) is 5.75 Å². The minimum Gasteiger partial charge on any atom is -0.494 e. The number of methoxy groups -OCH3 is 1. The minimum absolute atomic E-state index is 0.205. The molecular formula is C24H37FN7O+. The molecule has 1 saturated carbocycles. The molecule has 0 radical (unpaired) electrons. The molecule has 2 fully saturated rings. The first-order chi connectivity index (χ1) is 16.0. The number of likely N-dealkylation sites (tertiary alicyclic amines) is 1. The van der Waals surface area contributed by atoms with Crippen molar-refractivity contribution in [2.24, 2.45) is 0 Å². The van der Waals surface area contributed by atoms with Gasteiger partial charge in [-0.1, -0.05) is 25.7 Å². The van der Waals surface area contributed by atoms with E-state index in [4.69, 9.17) is 14.7 Å². The maximum Gasteiger partial charge on any atom is 0.233 e. The van der Waals surface area contributed by atoms with Crippen LogP contribution in [-0.2, 0) is 0 Å². The van der Waals surface area contributed by atoms with Crippen molar-refractivity contribution in [3.63, 3.8) is 0 Å². The second-order valence-electron chi connectivity index (χ2n) is 9.39. The Morgan fingerprint density at radius 1 is 1.00 bits per heavy atom. The topological polar surface area (TPSA) is 79.6 Å². The Bertz CT molecular complexity index is 912. The fourth-order valence-corrected chi connectivity index (χ4v) is 4.77. The third kappa shape index (κ3) is 6.22. The van der Waals surface area contributed by atoms with Crippen molar-refractivity contribution in [1.29, 1.82) is 0 Å². The van der Waals surface area contributed by atoms with Gasteiger partial charge in [-0.3, -0.25) is 0 Å². The number of halogens is 1. The summed E-state index contributed by atoms with van der Waals surface area (Å²) >= 11 is 0. The minimum atomic E-state index is -0.431. The smallest absolute Gasteiger partial charge is 0.233 e. The summed E-state index contributed by atoms with van der Waals surface area (Å²) in [4.78, 5) is 17.9. The Morgan fingerprint density at radius 3 is 2.36 bits per heavy atom. The van der Waals surface area contributed by atoms with E-state index in [1.54, 1.807) is 17.0 Å². The summed E-state index contributed by atoms with van der Waals surface area (Å²) in [6, 6.07) is 5.51. The number of quaternary nitrogens is 1. The molecule has 9 heteroatoms. The van der Waals surface area contributed by atoms with Gasteiger partial charge < -0.3 is 25.2 Å². The highest BCUT2D eigenvalue weighted by Crippen LogP contribution is 2.26. The lowest BCUT2D eigenvalue weighted by molar-refractivity contribution is -0.884. The predicted molar refractivity (Wildman–Crippen MR) is 129 cm³/mol. The van der Waals surface area contributed by atoms with E-state index in [0.717, 1.165) is 38.8 Å². The normalized spacial score (nSPS) is 21.8. The van der Waals surface area contributed by atoms with Crippen LogP contribution in [0.3, 0.4) is 0 Å². The summed E-state index contributed by atoms with van der Waals surface area (Å²) in [6.45, 7) is 2.28. The van der Waals surface area contributed by atoms with Crippen LogP contribution in [0.4, 0.5) is 27.9 Å². The van der Waals surface area contributed by atoms with Gasteiger partial charge in [-0.2, -0.15) is 15.0 Å². The molecule has 2 aliphatic rings. The molecule has 1 saturated heterocycles. The third-order valence-electron chi connectivity index (χ3n) is 6.89. The van der Waals surface area contributed by atoms with Gasteiger partial charge in [-0.05, 0) is 25.0 Å². The highest BCUT2D eigenvalue weighted by atomic mass is 19.1. The molecule has 4 rings (SSSR count). The predicted octanol–water partition coefficient (Wildman–Crippen LogP) is 3.01. The maximum absolute atomic E-state index is 14.2. The van der Waals surface area contributed by atoms with Crippen LogP contribution < -0.4 is 25.2 Å². The van der Waals surface area contributed by atoms with Gasteiger partial charge in [0.25, 0.3) is 0 Å². The van der Waals surface area contributed by atoms with Crippen LogP contribution in [-0.4, -0.2) is 61.3 Å². The molecule has 33 heavy (non-hydrogen) atoms. The first-order valence-corrected chi connectivity index (χ1v) is 12.2. The number of nitrogens with one attached hydrogen (secondary N) is 3. The number of piperidine rings is 1. The Hall–Kier alpha value is -2.68. The first kappa shape index (κ1) is 23.5. The molecule has 8 nitrogen and oxygen atoms in total. The summed E-state index contributed by atoms with van der Waals surface area (Å²) in [5, 5.41) is 6.72. The van der Waals surface area contributed by atoms with Crippen molar-refractivity contribution in [1.82, 2.24) is 15.0 Å². The molecule has 0 bridgehead atoms. The van der Waals surface area contributed by atoms with Gasteiger partial charge in [0.05, 0.1) is 27.2 Å². The van der Waals surface area contributed by atoms with Crippen LogP contribution in [0.1, 0.15) is 51.4 Å². The second kappa shape index (κ2) is 11.0. The van der Waals surface area contributed by atoms with E-state index in [2.05, 4.69) is 34.6 Å². The number of ether oxygens (including phenoxy) is 1. The van der Waals surface area contributed by atoms with E-state index in [-0.39, 0.29) is 5.75 Å². The monoisotopic (exact) mass is 458 g/mol. The average Bonchev–Trinajstić information content (AvgIpc) is 3.08. The number of hydrogen-bond acceptors (Lipinski definition) is 7.